The van der Waals surface area contributed by atoms with Crippen LogP contribution in [0.2, 0.25) is 0 Å². The SMILES string of the molecule is CCOC(=O)[C@H]1CCCN(C(=O)[C@H]2COc3ccccc3O2)C1. The molecule has 0 unspecified atom stereocenters. The first-order valence-electron chi connectivity index (χ1n) is 8.03. The Hall–Kier alpha value is -2.24. The zero-order valence-corrected chi connectivity index (χ0v) is 13.2. The van der Waals surface area contributed by atoms with E-state index in [1.165, 1.54) is 0 Å². The standard InChI is InChI=1S/C17H21NO5/c1-2-21-17(20)12-6-5-9-18(10-12)16(19)15-11-22-13-7-3-4-8-14(13)23-15/h3-4,7-8,12,15H,2,5-6,9-11H2,1H3/t12-,15+/m0/s1. The van der Waals surface area contributed by atoms with E-state index in [1.54, 1.807) is 17.9 Å². The number of hydrogen-bond acceptors (Lipinski definition) is 5. The number of carbonyl (C=O) groups excluding carboxylic acids is 2. The lowest BCUT2D eigenvalue weighted by Gasteiger charge is -2.35. The van der Waals surface area contributed by atoms with E-state index >= 15 is 0 Å². The number of para-hydroxylation sites is 2. The smallest absolute Gasteiger partial charge is 0.310 e. The largest absolute Gasteiger partial charge is 0.485 e. The molecule has 1 aromatic carbocycles. The Morgan fingerprint density at radius 3 is 2.87 bits per heavy atom. The van der Waals surface area contributed by atoms with Gasteiger partial charge in [0.05, 0.1) is 12.5 Å². The van der Waals surface area contributed by atoms with Gasteiger partial charge in [0.25, 0.3) is 5.91 Å². The second-order valence-electron chi connectivity index (χ2n) is 5.74. The minimum Gasteiger partial charge on any atom is -0.485 e. The Balaban J connectivity index is 1.63. The molecule has 23 heavy (non-hydrogen) atoms. The minimum atomic E-state index is -0.661. The van der Waals surface area contributed by atoms with Crippen LogP contribution in [0.4, 0.5) is 0 Å². The molecular weight excluding hydrogens is 298 g/mol. The average Bonchev–Trinajstić information content (AvgIpc) is 2.61. The number of piperidine rings is 1. The van der Waals surface area contributed by atoms with E-state index in [9.17, 15) is 9.59 Å². The summed E-state index contributed by atoms with van der Waals surface area (Å²) in [5.74, 6) is 0.629. The number of hydrogen-bond donors (Lipinski definition) is 0. The number of fused-ring (bicyclic) bond motifs is 1. The topological polar surface area (TPSA) is 65.1 Å². The van der Waals surface area contributed by atoms with Crippen molar-refractivity contribution in [2.75, 3.05) is 26.3 Å². The zero-order valence-electron chi connectivity index (χ0n) is 13.2. The molecule has 3 rings (SSSR count). The maximum atomic E-state index is 12.7. The number of ether oxygens (including phenoxy) is 3. The molecule has 2 aliphatic rings. The first-order valence-corrected chi connectivity index (χ1v) is 8.03. The summed E-state index contributed by atoms with van der Waals surface area (Å²) in [5, 5.41) is 0. The molecule has 6 nitrogen and oxygen atoms in total. The first kappa shape index (κ1) is 15.6. The Labute approximate surface area is 135 Å². The van der Waals surface area contributed by atoms with Crippen molar-refractivity contribution in [3.8, 4) is 11.5 Å². The molecule has 1 fully saturated rings. The second-order valence-corrected chi connectivity index (χ2v) is 5.74. The van der Waals surface area contributed by atoms with Gasteiger partial charge in [-0.15, -0.1) is 0 Å². The highest BCUT2D eigenvalue weighted by Gasteiger charge is 2.35. The van der Waals surface area contributed by atoms with Crippen LogP contribution in [0.5, 0.6) is 11.5 Å². The van der Waals surface area contributed by atoms with Gasteiger partial charge in [-0.3, -0.25) is 9.59 Å². The molecule has 2 atom stereocenters. The summed E-state index contributed by atoms with van der Waals surface area (Å²) in [5.41, 5.74) is 0. The van der Waals surface area contributed by atoms with Crippen molar-refractivity contribution in [3.05, 3.63) is 24.3 Å². The molecule has 0 spiro atoms. The summed E-state index contributed by atoms with van der Waals surface area (Å²) in [6, 6.07) is 7.30. The Kier molecular flexibility index (Phi) is 4.69. The fraction of sp³-hybridized carbons (Fsp3) is 0.529. The molecule has 1 aromatic rings. The quantitative estimate of drug-likeness (QED) is 0.792. The van der Waals surface area contributed by atoms with Crippen LogP contribution in [0.15, 0.2) is 24.3 Å². The molecule has 0 N–H and O–H groups in total. The summed E-state index contributed by atoms with van der Waals surface area (Å²) < 4.78 is 16.4. The molecule has 6 heteroatoms. The third-order valence-electron chi connectivity index (χ3n) is 4.14. The molecule has 1 amide bonds. The van der Waals surface area contributed by atoms with Crippen LogP contribution in [0.1, 0.15) is 19.8 Å². The number of carbonyl (C=O) groups is 2. The zero-order chi connectivity index (χ0) is 16.2. The fourth-order valence-corrected chi connectivity index (χ4v) is 2.97. The van der Waals surface area contributed by atoms with E-state index in [-0.39, 0.29) is 24.4 Å². The summed E-state index contributed by atoms with van der Waals surface area (Å²) in [4.78, 5) is 26.2. The third-order valence-corrected chi connectivity index (χ3v) is 4.14. The number of nitrogens with zero attached hydrogens (tertiary/aromatic N) is 1. The molecule has 0 bridgehead atoms. The average molecular weight is 319 g/mol. The molecule has 0 aliphatic carbocycles. The summed E-state index contributed by atoms with van der Waals surface area (Å²) in [6.45, 7) is 3.36. The van der Waals surface area contributed by atoms with Gasteiger partial charge in [-0.1, -0.05) is 12.1 Å². The highest BCUT2D eigenvalue weighted by molar-refractivity contribution is 5.83. The van der Waals surface area contributed by atoms with E-state index in [0.29, 0.717) is 31.2 Å². The molecule has 124 valence electrons. The maximum Gasteiger partial charge on any atom is 0.310 e. The van der Waals surface area contributed by atoms with Crippen molar-refractivity contribution in [2.24, 2.45) is 5.92 Å². The number of likely N-dealkylation sites (tertiary alicyclic amines) is 1. The van der Waals surface area contributed by atoms with Crippen molar-refractivity contribution in [2.45, 2.75) is 25.9 Å². The van der Waals surface area contributed by atoms with E-state index < -0.39 is 6.10 Å². The van der Waals surface area contributed by atoms with Crippen LogP contribution >= 0.6 is 0 Å². The van der Waals surface area contributed by atoms with Gasteiger partial charge in [-0.05, 0) is 31.9 Å². The van der Waals surface area contributed by atoms with E-state index in [2.05, 4.69) is 0 Å². The van der Waals surface area contributed by atoms with Crippen molar-refractivity contribution in [1.82, 2.24) is 4.90 Å². The minimum absolute atomic E-state index is 0.131. The highest BCUT2D eigenvalue weighted by Crippen LogP contribution is 2.31. The number of rotatable bonds is 3. The summed E-state index contributed by atoms with van der Waals surface area (Å²) in [7, 11) is 0. The monoisotopic (exact) mass is 319 g/mol. The van der Waals surface area contributed by atoms with Gasteiger partial charge in [0.15, 0.2) is 11.5 Å². The lowest BCUT2D eigenvalue weighted by molar-refractivity contribution is -0.153. The van der Waals surface area contributed by atoms with Crippen LogP contribution in [-0.4, -0.2) is 49.2 Å². The van der Waals surface area contributed by atoms with Gasteiger partial charge in [-0.2, -0.15) is 0 Å². The fourth-order valence-electron chi connectivity index (χ4n) is 2.97. The van der Waals surface area contributed by atoms with Crippen LogP contribution in [0, 0.1) is 5.92 Å². The normalized spacial score (nSPS) is 23.3. The van der Waals surface area contributed by atoms with Crippen molar-refractivity contribution < 1.29 is 23.8 Å². The number of amides is 1. The van der Waals surface area contributed by atoms with Gasteiger partial charge >= 0.3 is 5.97 Å². The van der Waals surface area contributed by atoms with Crippen LogP contribution < -0.4 is 9.47 Å². The van der Waals surface area contributed by atoms with Crippen LogP contribution in [0.25, 0.3) is 0 Å². The van der Waals surface area contributed by atoms with Gasteiger partial charge in [0.1, 0.15) is 6.61 Å². The van der Waals surface area contributed by atoms with E-state index in [4.69, 9.17) is 14.2 Å². The lowest BCUT2D eigenvalue weighted by atomic mass is 9.97. The van der Waals surface area contributed by atoms with Crippen molar-refractivity contribution in [1.29, 1.82) is 0 Å². The Morgan fingerprint density at radius 2 is 2.09 bits per heavy atom. The predicted octanol–water partition coefficient (Wildman–Crippen LogP) is 1.63. The molecule has 0 radical (unpaired) electrons. The molecular formula is C17H21NO5. The Morgan fingerprint density at radius 1 is 1.30 bits per heavy atom. The predicted molar refractivity (Wildman–Crippen MR) is 82.3 cm³/mol. The third kappa shape index (κ3) is 3.41. The number of benzene rings is 1. The van der Waals surface area contributed by atoms with E-state index in [0.717, 1.165) is 12.8 Å². The van der Waals surface area contributed by atoms with Crippen molar-refractivity contribution >= 4 is 11.9 Å². The Bertz CT molecular complexity index is 588. The van der Waals surface area contributed by atoms with Crippen molar-refractivity contribution in [3.63, 3.8) is 0 Å². The molecule has 0 aromatic heterocycles. The highest BCUT2D eigenvalue weighted by atomic mass is 16.6. The number of esters is 1. The molecule has 0 saturated carbocycles. The van der Waals surface area contributed by atoms with Gasteiger partial charge < -0.3 is 19.1 Å². The van der Waals surface area contributed by atoms with Gasteiger partial charge in [0, 0.05) is 13.1 Å². The lowest BCUT2D eigenvalue weighted by Crippen LogP contribution is -2.50. The summed E-state index contributed by atoms with van der Waals surface area (Å²) in [6.07, 6.45) is 0.887. The molecule has 1 saturated heterocycles. The van der Waals surface area contributed by atoms with E-state index in [1.807, 2.05) is 18.2 Å². The summed E-state index contributed by atoms with van der Waals surface area (Å²) >= 11 is 0. The van der Waals surface area contributed by atoms with Crippen LogP contribution in [0.3, 0.4) is 0 Å². The molecule has 2 aliphatic heterocycles. The van der Waals surface area contributed by atoms with Gasteiger partial charge in [-0.25, -0.2) is 0 Å². The first-order chi connectivity index (χ1) is 11.2. The second kappa shape index (κ2) is 6.89. The molecule has 2 heterocycles. The van der Waals surface area contributed by atoms with Gasteiger partial charge in [0.2, 0.25) is 6.10 Å². The van der Waals surface area contributed by atoms with Crippen LogP contribution in [-0.2, 0) is 14.3 Å². The maximum absolute atomic E-state index is 12.7.